The molecular weight excluding hydrogens is 230 g/mol. The van der Waals surface area contributed by atoms with Crippen LogP contribution < -0.4 is 11.1 Å². The van der Waals surface area contributed by atoms with Crippen molar-refractivity contribution in [2.75, 3.05) is 13.1 Å². The van der Waals surface area contributed by atoms with Crippen molar-refractivity contribution >= 4 is 17.3 Å². The summed E-state index contributed by atoms with van der Waals surface area (Å²) in [5.74, 6) is 1.32. The summed E-state index contributed by atoms with van der Waals surface area (Å²) in [6, 6.07) is 4.21. The van der Waals surface area contributed by atoms with Gasteiger partial charge < -0.3 is 11.1 Å². The number of rotatable bonds is 7. The van der Waals surface area contributed by atoms with Gasteiger partial charge in [-0.15, -0.1) is 11.3 Å². The quantitative estimate of drug-likeness (QED) is 0.446. The molecule has 0 aliphatic carbocycles. The molecule has 96 valence electrons. The first-order valence-corrected chi connectivity index (χ1v) is 7.12. The molecule has 0 aliphatic rings. The van der Waals surface area contributed by atoms with E-state index in [1.54, 1.807) is 11.3 Å². The van der Waals surface area contributed by atoms with Crippen molar-refractivity contribution in [2.24, 2.45) is 16.6 Å². The molecule has 1 aromatic rings. The zero-order valence-electron chi connectivity index (χ0n) is 10.8. The van der Waals surface area contributed by atoms with E-state index in [9.17, 15) is 0 Å². The molecule has 0 fully saturated rings. The zero-order chi connectivity index (χ0) is 12.5. The van der Waals surface area contributed by atoms with Crippen LogP contribution in [-0.2, 0) is 6.42 Å². The summed E-state index contributed by atoms with van der Waals surface area (Å²) in [6.45, 7) is 6.15. The average molecular weight is 253 g/mol. The minimum atomic E-state index is 0.574. The molecule has 0 saturated carbocycles. The van der Waals surface area contributed by atoms with E-state index in [1.165, 1.54) is 11.3 Å². The molecule has 4 heteroatoms. The lowest BCUT2D eigenvalue weighted by Crippen LogP contribution is -2.33. The molecule has 17 heavy (non-hydrogen) atoms. The Hall–Kier alpha value is -1.03. The van der Waals surface area contributed by atoms with Gasteiger partial charge in [0, 0.05) is 18.0 Å². The summed E-state index contributed by atoms with van der Waals surface area (Å²) < 4.78 is 0. The van der Waals surface area contributed by atoms with Gasteiger partial charge >= 0.3 is 0 Å². The van der Waals surface area contributed by atoms with Crippen molar-refractivity contribution in [3.05, 3.63) is 22.4 Å². The predicted octanol–water partition coefficient (Wildman–Crippen LogP) is 2.63. The molecule has 0 spiro atoms. The summed E-state index contributed by atoms with van der Waals surface area (Å²) in [4.78, 5) is 5.68. The summed E-state index contributed by atoms with van der Waals surface area (Å²) in [6.07, 6.45) is 3.34. The Morgan fingerprint density at radius 2 is 2.35 bits per heavy atom. The number of hydrogen-bond donors (Lipinski definition) is 2. The molecular formula is C13H23N3S. The molecule has 0 unspecified atom stereocenters. The van der Waals surface area contributed by atoms with Crippen LogP contribution in [0, 0.1) is 5.92 Å². The standard InChI is InChI=1S/C13H23N3S/c1-11(2)5-3-8-15-13(14)16-9-7-12-6-4-10-17-12/h4,6,10-11H,3,5,7-9H2,1-2H3,(H3,14,15,16). The maximum absolute atomic E-state index is 5.77. The van der Waals surface area contributed by atoms with Crippen molar-refractivity contribution < 1.29 is 0 Å². The van der Waals surface area contributed by atoms with Crippen LogP contribution in [0.5, 0.6) is 0 Å². The normalized spacial score (nSPS) is 12.1. The molecule has 0 amide bonds. The predicted molar refractivity (Wildman–Crippen MR) is 76.6 cm³/mol. The number of thiophene rings is 1. The van der Waals surface area contributed by atoms with Crippen molar-refractivity contribution in [1.29, 1.82) is 0 Å². The second-order valence-corrected chi connectivity index (χ2v) is 5.59. The van der Waals surface area contributed by atoms with Gasteiger partial charge in [-0.3, -0.25) is 4.99 Å². The first-order chi connectivity index (χ1) is 8.18. The zero-order valence-corrected chi connectivity index (χ0v) is 11.6. The minimum Gasteiger partial charge on any atom is -0.370 e. The van der Waals surface area contributed by atoms with Gasteiger partial charge in [0.2, 0.25) is 0 Å². The maximum Gasteiger partial charge on any atom is 0.188 e. The Morgan fingerprint density at radius 1 is 1.53 bits per heavy atom. The van der Waals surface area contributed by atoms with E-state index >= 15 is 0 Å². The molecule has 1 rings (SSSR count). The topological polar surface area (TPSA) is 50.4 Å². The molecule has 3 N–H and O–H groups in total. The van der Waals surface area contributed by atoms with E-state index in [0.717, 1.165) is 31.8 Å². The van der Waals surface area contributed by atoms with Crippen LogP contribution in [0.25, 0.3) is 0 Å². The third-order valence-corrected chi connectivity index (χ3v) is 3.42. The highest BCUT2D eigenvalue weighted by Crippen LogP contribution is 2.07. The van der Waals surface area contributed by atoms with E-state index in [1.807, 2.05) is 0 Å². The van der Waals surface area contributed by atoms with Crippen LogP contribution >= 0.6 is 11.3 Å². The van der Waals surface area contributed by atoms with E-state index in [0.29, 0.717) is 5.96 Å². The molecule has 0 aliphatic heterocycles. The number of hydrogen-bond acceptors (Lipinski definition) is 2. The second-order valence-electron chi connectivity index (χ2n) is 4.56. The lowest BCUT2D eigenvalue weighted by atomic mass is 10.1. The molecule has 0 radical (unpaired) electrons. The highest BCUT2D eigenvalue weighted by atomic mass is 32.1. The Kier molecular flexibility index (Phi) is 6.70. The molecule has 1 aromatic heterocycles. The van der Waals surface area contributed by atoms with Crippen LogP contribution in [0.3, 0.4) is 0 Å². The molecule has 0 saturated heterocycles. The lowest BCUT2D eigenvalue weighted by molar-refractivity contribution is 0.561. The van der Waals surface area contributed by atoms with Crippen molar-refractivity contribution in [3.8, 4) is 0 Å². The van der Waals surface area contributed by atoms with E-state index < -0.39 is 0 Å². The van der Waals surface area contributed by atoms with Crippen LogP contribution in [0.1, 0.15) is 31.6 Å². The van der Waals surface area contributed by atoms with Crippen molar-refractivity contribution in [3.63, 3.8) is 0 Å². The van der Waals surface area contributed by atoms with Gasteiger partial charge in [0.25, 0.3) is 0 Å². The molecule has 0 aromatic carbocycles. The maximum atomic E-state index is 5.77. The summed E-state index contributed by atoms with van der Waals surface area (Å²) in [5, 5.41) is 5.24. The first kappa shape index (κ1) is 14.0. The fraction of sp³-hybridized carbons (Fsp3) is 0.615. The van der Waals surface area contributed by atoms with E-state index in [-0.39, 0.29) is 0 Å². The fourth-order valence-corrected chi connectivity index (χ4v) is 2.23. The average Bonchev–Trinajstić information content (AvgIpc) is 2.77. The Morgan fingerprint density at radius 3 is 3.00 bits per heavy atom. The Bertz CT molecular complexity index is 317. The monoisotopic (exact) mass is 253 g/mol. The largest absolute Gasteiger partial charge is 0.370 e. The third-order valence-electron chi connectivity index (χ3n) is 2.48. The van der Waals surface area contributed by atoms with Gasteiger partial charge in [-0.05, 0) is 36.6 Å². The number of guanidine groups is 1. The SMILES string of the molecule is CC(C)CCCN=C(N)NCCc1cccs1. The Labute approximate surface area is 108 Å². The molecule has 0 bridgehead atoms. The molecule has 3 nitrogen and oxygen atoms in total. The highest BCUT2D eigenvalue weighted by Gasteiger charge is 1.96. The van der Waals surface area contributed by atoms with Crippen LogP contribution in [0.15, 0.2) is 22.5 Å². The second kappa shape index (κ2) is 8.12. The van der Waals surface area contributed by atoms with Crippen molar-refractivity contribution in [1.82, 2.24) is 5.32 Å². The highest BCUT2D eigenvalue weighted by molar-refractivity contribution is 7.09. The summed E-state index contributed by atoms with van der Waals surface area (Å²) in [5.41, 5.74) is 5.77. The van der Waals surface area contributed by atoms with Gasteiger partial charge in [0.05, 0.1) is 0 Å². The van der Waals surface area contributed by atoms with Gasteiger partial charge in [-0.25, -0.2) is 0 Å². The number of nitrogens with two attached hydrogens (primary N) is 1. The molecule has 0 atom stereocenters. The van der Waals surface area contributed by atoms with Crippen LogP contribution in [-0.4, -0.2) is 19.0 Å². The van der Waals surface area contributed by atoms with Gasteiger partial charge in [-0.1, -0.05) is 19.9 Å². The minimum absolute atomic E-state index is 0.574. The van der Waals surface area contributed by atoms with Crippen LogP contribution in [0.4, 0.5) is 0 Å². The number of nitrogens with one attached hydrogen (secondary N) is 1. The van der Waals surface area contributed by atoms with Gasteiger partial charge in [0.15, 0.2) is 5.96 Å². The smallest absolute Gasteiger partial charge is 0.188 e. The lowest BCUT2D eigenvalue weighted by Gasteiger charge is -2.05. The summed E-state index contributed by atoms with van der Waals surface area (Å²) in [7, 11) is 0. The number of nitrogens with zero attached hydrogens (tertiary/aromatic N) is 1. The third kappa shape index (κ3) is 7.00. The van der Waals surface area contributed by atoms with Gasteiger partial charge in [-0.2, -0.15) is 0 Å². The summed E-state index contributed by atoms with van der Waals surface area (Å²) >= 11 is 1.78. The molecule has 1 heterocycles. The number of aliphatic imine (C=N–C) groups is 1. The van der Waals surface area contributed by atoms with E-state index in [2.05, 4.69) is 41.7 Å². The van der Waals surface area contributed by atoms with Crippen molar-refractivity contribution in [2.45, 2.75) is 33.1 Å². The Balaban J connectivity index is 2.07. The van der Waals surface area contributed by atoms with Crippen LogP contribution in [0.2, 0.25) is 0 Å². The van der Waals surface area contributed by atoms with E-state index in [4.69, 9.17) is 5.73 Å². The van der Waals surface area contributed by atoms with Gasteiger partial charge in [0.1, 0.15) is 0 Å². The first-order valence-electron chi connectivity index (χ1n) is 6.24. The fourth-order valence-electron chi connectivity index (χ4n) is 1.52.